The summed E-state index contributed by atoms with van der Waals surface area (Å²) in [6.45, 7) is -1.10. The maximum Gasteiger partial charge on any atom is 0.293 e. The number of nitrogens with zero attached hydrogens (tertiary/aromatic N) is 7. The number of aromatic nitrogens is 7. The van der Waals surface area contributed by atoms with Crippen molar-refractivity contribution in [3.05, 3.63) is 127 Å². The SMILES string of the molecule is Cn1nc(NS(C)(=O)=O)c2c(Cl)ccc(-n3c([C@H](Cc4cc(F)cc(F)c4)NC(=O)Cn4nc(C(F)F)c5c4C(F)(F)C4CC54)nc4nc(-c5c(F)cc(F)cc5F)ccc4c3=O)c21. The molecule has 0 aliphatic heterocycles. The van der Waals surface area contributed by atoms with Crippen LogP contribution in [0.3, 0.4) is 0 Å². The second-order valence-electron chi connectivity index (χ2n) is 15.3. The van der Waals surface area contributed by atoms with Crippen LogP contribution in [0.25, 0.3) is 38.9 Å². The summed E-state index contributed by atoms with van der Waals surface area (Å²) in [5, 5.41) is 9.94. The van der Waals surface area contributed by atoms with Crippen LogP contribution in [0.4, 0.5) is 45.3 Å². The van der Waals surface area contributed by atoms with Crippen LogP contribution in [-0.4, -0.2) is 54.7 Å². The number of fused-ring (bicyclic) bond motifs is 5. The Morgan fingerprint density at radius 1 is 0.953 bits per heavy atom. The summed E-state index contributed by atoms with van der Waals surface area (Å²) in [6.07, 6.45) is -3.14. The first-order valence-corrected chi connectivity index (χ1v) is 21.1. The molecule has 2 aliphatic carbocycles. The van der Waals surface area contributed by atoms with Crippen molar-refractivity contribution < 1.29 is 52.7 Å². The van der Waals surface area contributed by atoms with E-state index in [1.54, 1.807) is 0 Å². The first-order valence-electron chi connectivity index (χ1n) is 18.8. The largest absolute Gasteiger partial charge is 0.344 e. The van der Waals surface area contributed by atoms with Gasteiger partial charge in [0.1, 0.15) is 52.8 Å². The highest BCUT2D eigenvalue weighted by molar-refractivity contribution is 7.92. The molecular formula is C40H27ClF9N9O4S. The third-order valence-corrected chi connectivity index (χ3v) is 11.8. The van der Waals surface area contributed by atoms with E-state index in [9.17, 15) is 40.0 Å². The van der Waals surface area contributed by atoms with Gasteiger partial charge in [0.15, 0.2) is 11.5 Å². The topological polar surface area (TPSA) is 159 Å². The summed E-state index contributed by atoms with van der Waals surface area (Å²) < 4.78 is 162. The van der Waals surface area contributed by atoms with Gasteiger partial charge >= 0.3 is 0 Å². The Kier molecular flexibility index (Phi) is 10.1. The molecule has 3 atom stereocenters. The molecule has 7 aromatic rings. The Balaban J connectivity index is 1.27. The lowest BCUT2D eigenvalue weighted by molar-refractivity contribution is -0.123. The molecule has 332 valence electrons. The Labute approximate surface area is 358 Å². The predicted molar refractivity (Wildman–Crippen MR) is 211 cm³/mol. The van der Waals surface area contributed by atoms with Crippen molar-refractivity contribution in [1.29, 1.82) is 0 Å². The zero-order valence-corrected chi connectivity index (χ0v) is 34.2. The van der Waals surface area contributed by atoms with Gasteiger partial charge in [0, 0.05) is 43.1 Å². The molecule has 24 heteroatoms. The Hall–Kier alpha value is -6.49. The van der Waals surface area contributed by atoms with Gasteiger partial charge in [-0.1, -0.05) is 11.6 Å². The van der Waals surface area contributed by atoms with Gasteiger partial charge in [-0.25, -0.2) is 49.1 Å². The minimum Gasteiger partial charge on any atom is -0.344 e. The number of pyridine rings is 1. The molecule has 1 amide bonds. The quantitative estimate of drug-likeness (QED) is 0.126. The van der Waals surface area contributed by atoms with Gasteiger partial charge in [-0.3, -0.25) is 28.2 Å². The normalized spacial score (nSPS) is 17.0. The number of anilines is 1. The molecule has 4 heterocycles. The highest BCUT2D eigenvalue weighted by Crippen LogP contribution is 2.68. The van der Waals surface area contributed by atoms with E-state index in [2.05, 4.69) is 30.2 Å². The number of carbonyl (C=O) groups is 1. The lowest BCUT2D eigenvalue weighted by Gasteiger charge is -2.24. The van der Waals surface area contributed by atoms with Gasteiger partial charge in [0.25, 0.3) is 17.9 Å². The monoisotopic (exact) mass is 935 g/mol. The van der Waals surface area contributed by atoms with Gasteiger partial charge < -0.3 is 5.32 Å². The third kappa shape index (κ3) is 7.28. The van der Waals surface area contributed by atoms with E-state index in [0.29, 0.717) is 22.9 Å². The lowest BCUT2D eigenvalue weighted by Crippen LogP contribution is -2.38. The average molecular weight is 936 g/mol. The van der Waals surface area contributed by atoms with Crippen LogP contribution in [-0.2, 0) is 40.8 Å². The van der Waals surface area contributed by atoms with Gasteiger partial charge in [-0.2, -0.15) is 19.0 Å². The number of rotatable bonds is 11. The molecule has 2 N–H and O–H groups in total. The summed E-state index contributed by atoms with van der Waals surface area (Å²) in [7, 11) is -2.63. The average Bonchev–Trinajstić information content (AvgIpc) is 3.72. The number of aryl methyl sites for hydroxylation is 1. The molecule has 13 nitrogen and oxygen atoms in total. The van der Waals surface area contributed by atoms with Crippen LogP contribution in [0.15, 0.2) is 59.4 Å². The van der Waals surface area contributed by atoms with Crippen LogP contribution in [0, 0.1) is 35.0 Å². The molecule has 0 spiro atoms. The number of benzene rings is 3. The van der Waals surface area contributed by atoms with Crippen molar-refractivity contribution in [3.8, 4) is 16.9 Å². The van der Waals surface area contributed by atoms with Crippen LogP contribution in [0.2, 0.25) is 5.02 Å². The van der Waals surface area contributed by atoms with Gasteiger partial charge in [0.2, 0.25) is 15.9 Å². The van der Waals surface area contributed by atoms with Crippen LogP contribution in [0.1, 0.15) is 53.1 Å². The first kappa shape index (κ1) is 42.8. The fourth-order valence-electron chi connectivity index (χ4n) is 8.39. The molecule has 2 unspecified atom stereocenters. The van der Waals surface area contributed by atoms with Crippen LogP contribution >= 0.6 is 11.6 Å². The smallest absolute Gasteiger partial charge is 0.293 e. The molecule has 0 radical (unpaired) electrons. The highest BCUT2D eigenvalue weighted by atomic mass is 35.5. The summed E-state index contributed by atoms with van der Waals surface area (Å²) in [5.41, 5.74) is -5.38. The zero-order chi connectivity index (χ0) is 45.9. The summed E-state index contributed by atoms with van der Waals surface area (Å²) in [6, 6.07) is 5.98. The molecule has 3 aromatic carbocycles. The Bertz CT molecular complexity index is 3280. The van der Waals surface area contributed by atoms with Crippen molar-refractivity contribution >= 4 is 55.3 Å². The summed E-state index contributed by atoms with van der Waals surface area (Å²) >= 11 is 6.57. The van der Waals surface area contributed by atoms with Gasteiger partial charge in [0.05, 0.1) is 50.6 Å². The van der Waals surface area contributed by atoms with E-state index in [1.165, 1.54) is 19.2 Å². The van der Waals surface area contributed by atoms with Crippen molar-refractivity contribution in [1.82, 2.24) is 39.4 Å². The van der Waals surface area contributed by atoms with E-state index in [-0.39, 0.29) is 50.4 Å². The van der Waals surface area contributed by atoms with E-state index in [1.807, 2.05) is 0 Å². The number of alkyl halides is 4. The standard InChI is InChI=1S/C40H27ClF9N9O4S/c1-57-33-27(6-4-22(41)30(33)37(55-57)56-64(2,62)63)59-38(53-36-19(39(59)61)3-5-25(52-36)31-23(45)11-18(44)12-24(31)46)26(9-15-7-16(42)10-17(43)8-15)51-28(60)14-58-34-29(32(54-58)35(47)48)20-13-21(20)40(34,49)50/h3-8,10-12,20-21,26,35H,9,13-14H2,1-2H3,(H,51,60)(H,55,56)/t20?,21?,26-/m0/s1. The van der Waals surface area contributed by atoms with E-state index in [0.717, 1.165) is 39.8 Å². The van der Waals surface area contributed by atoms with E-state index >= 15 is 17.6 Å². The maximum atomic E-state index is 15.5. The zero-order valence-electron chi connectivity index (χ0n) is 32.6. The number of nitrogens with one attached hydrogen (secondary N) is 2. The number of hydrogen-bond acceptors (Lipinski definition) is 8. The Morgan fingerprint density at radius 3 is 2.28 bits per heavy atom. The van der Waals surface area contributed by atoms with Crippen molar-refractivity contribution in [2.45, 2.75) is 43.7 Å². The van der Waals surface area contributed by atoms with E-state index < -0.39 is 128 Å². The number of sulfonamides is 1. The molecule has 0 saturated heterocycles. The number of amides is 1. The molecule has 0 bridgehead atoms. The fourth-order valence-corrected chi connectivity index (χ4v) is 9.12. The van der Waals surface area contributed by atoms with Gasteiger partial charge in [-0.05, 0) is 54.3 Å². The predicted octanol–water partition coefficient (Wildman–Crippen LogP) is 7.50. The van der Waals surface area contributed by atoms with Crippen molar-refractivity contribution in [2.75, 3.05) is 11.0 Å². The molecular weight excluding hydrogens is 909 g/mol. The van der Waals surface area contributed by atoms with Crippen molar-refractivity contribution in [3.63, 3.8) is 0 Å². The highest BCUT2D eigenvalue weighted by Gasteiger charge is 2.67. The molecule has 64 heavy (non-hydrogen) atoms. The van der Waals surface area contributed by atoms with Crippen LogP contribution in [0.5, 0.6) is 0 Å². The first-order chi connectivity index (χ1) is 30.1. The minimum atomic E-state index is -3.99. The fraction of sp³-hybridized carbons (Fsp3) is 0.250. The number of carbonyl (C=O) groups excluding carboxylic acids is 1. The van der Waals surface area contributed by atoms with Gasteiger partial charge in [-0.15, -0.1) is 0 Å². The van der Waals surface area contributed by atoms with Crippen LogP contribution < -0.4 is 15.6 Å². The molecule has 1 fully saturated rings. The Morgan fingerprint density at radius 2 is 1.62 bits per heavy atom. The summed E-state index contributed by atoms with van der Waals surface area (Å²) in [4.78, 5) is 37.7. The lowest BCUT2D eigenvalue weighted by atomic mass is 10.0. The summed E-state index contributed by atoms with van der Waals surface area (Å²) in [5.74, 6) is -14.0. The maximum absolute atomic E-state index is 15.5. The van der Waals surface area contributed by atoms with E-state index in [4.69, 9.17) is 11.6 Å². The number of hydrogen-bond donors (Lipinski definition) is 2. The van der Waals surface area contributed by atoms with Crippen molar-refractivity contribution in [2.24, 2.45) is 13.0 Å². The second-order valence-corrected chi connectivity index (χ2v) is 17.5. The molecule has 9 rings (SSSR count). The molecule has 1 saturated carbocycles. The molecule has 2 aliphatic rings. The second kappa shape index (κ2) is 15.1. The number of halogens is 10. The third-order valence-electron chi connectivity index (χ3n) is 10.9. The minimum absolute atomic E-state index is 0.0301. The molecule has 4 aromatic heterocycles.